The zero-order chi connectivity index (χ0) is 29.3. The van der Waals surface area contributed by atoms with Gasteiger partial charge < -0.3 is 11.1 Å². The van der Waals surface area contributed by atoms with Gasteiger partial charge in [0.25, 0.3) is 5.91 Å². The third-order valence-electron chi connectivity index (χ3n) is 7.94. The van der Waals surface area contributed by atoms with Crippen molar-refractivity contribution in [1.82, 2.24) is 14.7 Å². The van der Waals surface area contributed by atoms with Crippen LogP contribution in [-0.4, -0.2) is 33.7 Å². The lowest BCUT2D eigenvalue weighted by Crippen LogP contribution is -2.33. The number of nitrogens with two attached hydrogens (primary N) is 1. The van der Waals surface area contributed by atoms with E-state index in [9.17, 15) is 18.0 Å². The molecule has 1 aromatic heterocycles. The summed E-state index contributed by atoms with van der Waals surface area (Å²) in [5.41, 5.74) is 8.13. The van der Waals surface area contributed by atoms with Crippen LogP contribution in [0.2, 0.25) is 0 Å². The molecule has 6 rings (SSSR count). The van der Waals surface area contributed by atoms with Crippen molar-refractivity contribution < 1.29 is 18.0 Å². The van der Waals surface area contributed by atoms with Crippen molar-refractivity contribution in [3.05, 3.63) is 113 Å². The van der Waals surface area contributed by atoms with Gasteiger partial charge in [0.05, 0.1) is 11.7 Å². The number of nitrogens with zero attached hydrogens (tertiary/aromatic N) is 3. The zero-order valence-corrected chi connectivity index (χ0v) is 23.2. The van der Waals surface area contributed by atoms with Gasteiger partial charge in [-0.3, -0.25) is 9.69 Å². The van der Waals surface area contributed by atoms with Gasteiger partial charge in [-0.1, -0.05) is 54.6 Å². The Labute approximate surface area is 243 Å². The summed E-state index contributed by atoms with van der Waals surface area (Å²) in [6, 6.07) is 25.5. The van der Waals surface area contributed by atoms with Crippen molar-refractivity contribution >= 4 is 11.6 Å². The molecular weight excluding hydrogens is 539 g/mol. The quantitative estimate of drug-likeness (QED) is 0.207. The standard InChI is InChI=1S/C33H34F3N5O/c34-33(35,36)30-18-29(41(39-30)28-11-4-6-24(16-28)19-37)32(42)38-27-10-5-9-26(17-27)31(25-7-2-1-3-8-25)40(20-22-12-13-22)21-23-14-15-23/h1-11,16-18,22-23,31H,12-15,19-21,37H2,(H,38,42). The second-order valence-corrected chi connectivity index (χ2v) is 11.4. The molecule has 2 aliphatic carbocycles. The summed E-state index contributed by atoms with van der Waals surface area (Å²) in [5.74, 6) is 0.731. The molecule has 0 radical (unpaired) electrons. The van der Waals surface area contributed by atoms with Crippen LogP contribution in [0, 0.1) is 11.8 Å². The number of alkyl halides is 3. The Hall–Kier alpha value is -3.95. The number of benzene rings is 3. The Morgan fingerprint density at radius 3 is 2.21 bits per heavy atom. The van der Waals surface area contributed by atoms with Gasteiger partial charge in [0.1, 0.15) is 5.69 Å². The zero-order valence-electron chi connectivity index (χ0n) is 23.2. The molecule has 9 heteroatoms. The average Bonchev–Trinajstić information content (AvgIpc) is 3.92. The summed E-state index contributed by atoms with van der Waals surface area (Å²) in [7, 11) is 0. The summed E-state index contributed by atoms with van der Waals surface area (Å²) in [6.07, 6.45) is 0.295. The SMILES string of the molecule is NCc1cccc(-n2nc(C(F)(F)F)cc2C(=O)Nc2cccc(C(c3ccccc3)N(CC3CC3)CC3CC3)c2)c1. The molecule has 1 heterocycles. The minimum absolute atomic E-state index is 0.00520. The highest BCUT2D eigenvalue weighted by Gasteiger charge is 2.37. The number of hydrogen-bond donors (Lipinski definition) is 2. The molecule has 2 saturated carbocycles. The first-order chi connectivity index (χ1) is 20.3. The van der Waals surface area contributed by atoms with E-state index in [0.29, 0.717) is 28.8 Å². The van der Waals surface area contributed by atoms with Gasteiger partial charge in [0.2, 0.25) is 0 Å². The number of rotatable bonds is 11. The average molecular weight is 574 g/mol. The minimum atomic E-state index is -4.71. The van der Waals surface area contributed by atoms with Crippen LogP contribution in [0.1, 0.15) is 64.6 Å². The van der Waals surface area contributed by atoms with Gasteiger partial charge >= 0.3 is 6.18 Å². The number of aromatic nitrogens is 2. The Balaban J connectivity index is 1.32. The number of nitrogens with one attached hydrogen (secondary N) is 1. The molecule has 4 aromatic rings. The van der Waals surface area contributed by atoms with Crippen LogP contribution in [0.4, 0.5) is 18.9 Å². The van der Waals surface area contributed by atoms with E-state index in [4.69, 9.17) is 5.73 Å². The van der Waals surface area contributed by atoms with E-state index in [0.717, 1.165) is 29.4 Å². The highest BCUT2D eigenvalue weighted by Crippen LogP contribution is 2.40. The molecule has 1 atom stereocenters. The Morgan fingerprint density at radius 2 is 1.57 bits per heavy atom. The minimum Gasteiger partial charge on any atom is -0.326 e. The third kappa shape index (κ3) is 6.58. The largest absolute Gasteiger partial charge is 0.435 e. The summed E-state index contributed by atoms with van der Waals surface area (Å²) in [6.45, 7) is 2.25. The molecule has 1 amide bonds. The number of halogens is 3. The number of amides is 1. The molecule has 3 aromatic carbocycles. The highest BCUT2D eigenvalue weighted by molar-refractivity contribution is 6.03. The van der Waals surface area contributed by atoms with Gasteiger partial charge in [-0.2, -0.15) is 18.3 Å². The van der Waals surface area contributed by atoms with Crippen LogP contribution in [-0.2, 0) is 12.7 Å². The van der Waals surface area contributed by atoms with Crippen LogP contribution in [0.3, 0.4) is 0 Å². The van der Waals surface area contributed by atoms with Gasteiger partial charge in [-0.05, 0) is 78.5 Å². The molecule has 0 aliphatic heterocycles. The summed E-state index contributed by atoms with van der Waals surface area (Å²) >= 11 is 0. The fraction of sp³-hybridized carbons (Fsp3) is 0.333. The maximum absolute atomic E-state index is 13.7. The maximum atomic E-state index is 13.7. The van der Waals surface area contributed by atoms with Crippen molar-refractivity contribution in [2.45, 2.75) is 44.4 Å². The summed E-state index contributed by atoms with van der Waals surface area (Å²) in [5, 5.41) is 6.59. The van der Waals surface area contributed by atoms with Crippen molar-refractivity contribution in [2.24, 2.45) is 17.6 Å². The van der Waals surface area contributed by atoms with Crippen LogP contribution < -0.4 is 11.1 Å². The van der Waals surface area contributed by atoms with E-state index >= 15 is 0 Å². The molecule has 2 fully saturated rings. The first-order valence-electron chi connectivity index (χ1n) is 14.5. The van der Waals surface area contributed by atoms with E-state index in [1.807, 2.05) is 30.3 Å². The van der Waals surface area contributed by atoms with Gasteiger partial charge in [0, 0.05) is 31.4 Å². The van der Waals surface area contributed by atoms with E-state index in [1.54, 1.807) is 30.3 Å². The first kappa shape index (κ1) is 28.2. The maximum Gasteiger partial charge on any atom is 0.435 e. The van der Waals surface area contributed by atoms with Crippen LogP contribution in [0.25, 0.3) is 5.69 Å². The Morgan fingerprint density at radius 1 is 0.905 bits per heavy atom. The van der Waals surface area contributed by atoms with Crippen LogP contribution >= 0.6 is 0 Å². The monoisotopic (exact) mass is 573 g/mol. The molecule has 1 unspecified atom stereocenters. The lowest BCUT2D eigenvalue weighted by Gasteiger charge is -2.33. The number of carbonyl (C=O) groups is 1. The van der Waals surface area contributed by atoms with Gasteiger partial charge in [0.15, 0.2) is 5.69 Å². The highest BCUT2D eigenvalue weighted by atomic mass is 19.4. The second kappa shape index (κ2) is 11.7. The van der Waals surface area contributed by atoms with E-state index in [2.05, 4.69) is 33.5 Å². The smallest absolute Gasteiger partial charge is 0.326 e. The van der Waals surface area contributed by atoms with Crippen molar-refractivity contribution in [3.63, 3.8) is 0 Å². The number of carbonyl (C=O) groups excluding carboxylic acids is 1. The molecular formula is C33H34F3N5O. The molecule has 0 spiro atoms. The lowest BCUT2D eigenvalue weighted by atomic mass is 9.95. The first-order valence-corrected chi connectivity index (χ1v) is 14.5. The predicted octanol–water partition coefficient (Wildman–Crippen LogP) is 6.81. The second-order valence-electron chi connectivity index (χ2n) is 11.4. The van der Waals surface area contributed by atoms with Gasteiger partial charge in [-0.15, -0.1) is 0 Å². The van der Waals surface area contributed by atoms with Crippen molar-refractivity contribution in [2.75, 3.05) is 18.4 Å². The Bertz CT molecular complexity index is 1530. The van der Waals surface area contributed by atoms with Crippen molar-refractivity contribution in [1.29, 1.82) is 0 Å². The molecule has 3 N–H and O–H groups in total. The summed E-state index contributed by atoms with van der Waals surface area (Å²) in [4.78, 5) is 16.1. The number of anilines is 1. The van der Waals surface area contributed by atoms with E-state index < -0.39 is 17.8 Å². The third-order valence-corrected chi connectivity index (χ3v) is 7.94. The fourth-order valence-corrected chi connectivity index (χ4v) is 5.47. The molecule has 6 nitrogen and oxygen atoms in total. The molecule has 0 saturated heterocycles. The van der Waals surface area contributed by atoms with Crippen LogP contribution in [0.15, 0.2) is 84.9 Å². The number of hydrogen-bond acceptors (Lipinski definition) is 4. The normalized spacial score (nSPS) is 16.0. The molecule has 0 bridgehead atoms. The fourth-order valence-electron chi connectivity index (χ4n) is 5.47. The Kier molecular flexibility index (Phi) is 7.88. The summed E-state index contributed by atoms with van der Waals surface area (Å²) < 4.78 is 42.0. The van der Waals surface area contributed by atoms with E-state index in [1.165, 1.54) is 31.2 Å². The predicted molar refractivity (Wildman–Crippen MR) is 156 cm³/mol. The van der Waals surface area contributed by atoms with Crippen LogP contribution in [0.5, 0.6) is 0 Å². The molecule has 2 aliphatic rings. The lowest BCUT2D eigenvalue weighted by molar-refractivity contribution is -0.141. The molecule has 42 heavy (non-hydrogen) atoms. The topological polar surface area (TPSA) is 76.2 Å². The molecule has 218 valence electrons. The van der Waals surface area contributed by atoms with Crippen molar-refractivity contribution in [3.8, 4) is 5.69 Å². The van der Waals surface area contributed by atoms with Gasteiger partial charge in [-0.25, -0.2) is 4.68 Å². The van der Waals surface area contributed by atoms with E-state index in [-0.39, 0.29) is 18.3 Å².